The van der Waals surface area contributed by atoms with Crippen molar-refractivity contribution in [2.45, 2.75) is 10.6 Å². The average molecular weight is 526 g/mol. The molecule has 33 heavy (non-hydrogen) atoms. The number of benzene rings is 2. The average Bonchev–Trinajstić information content (AvgIpc) is 2.70. The zero-order valence-corrected chi connectivity index (χ0v) is 19.5. The van der Waals surface area contributed by atoms with Crippen LogP contribution in [0, 0.1) is 0 Å². The number of hydrogen-bond acceptors (Lipinski definition) is 12. The molecule has 0 aromatic heterocycles. The van der Waals surface area contributed by atoms with Crippen molar-refractivity contribution >= 4 is 47.4 Å². The lowest BCUT2D eigenvalue weighted by molar-refractivity contribution is 0.305. The highest BCUT2D eigenvalue weighted by molar-refractivity contribution is 7.91. The van der Waals surface area contributed by atoms with Gasteiger partial charge < -0.3 is 15.2 Å². The summed E-state index contributed by atoms with van der Waals surface area (Å²) in [6.07, 6.45) is 0. The van der Waals surface area contributed by atoms with E-state index >= 15 is 0 Å². The molecule has 0 aliphatic heterocycles. The van der Waals surface area contributed by atoms with E-state index in [1.165, 1.54) is 26.4 Å². The van der Waals surface area contributed by atoms with Crippen molar-refractivity contribution in [3.05, 3.63) is 35.9 Å². The first-order chi connectivity index (χ1) is 15.1. The number of anilines is 1. The highest BCUT2D eigenvalue weighted by atomic mass is 32.3. The molecule has 0 unspecified atom stereocenters. The Morgan fingerprint density at radius 2 is 1.48 bits per heavy atom. The number of nitrogens with zero attached hydrogens (tertiary/aromatic N) is 2. The molecule has 2 aromatic rings. The number of nitrogen functional groups attached to an aromatic ring is 1. The molecule has 4 N–H and O–H groups in total. The lowest BCUT2D eigenvalue weighted by Crippen LogP contribution is -2.16. The van der Waals surface area contributed by atoms with Crippen LogP contribution in [0.25, 0.3) is 0 Å². The first-order valence-corrected chi connectivity index (χ1v) is 13.1. The SMILES string of the molecule is COc1cc(N=Nc2ccc(CS(=O)(=O)COS(=O)(=O)O)cc2S(=O)(=O)O)c(OC)cc1N. The predicted octanol–water partition coefficient (Wildman–Crippen LogP) is 1.64. The summed E-state index contributed by atoms with van der Waals surface area (Å²) in [5, 5.41) is 7.67. The summed E-state index contributed by atoms with van der Waals surface area (Å²) in [6.45, 7) is 0. The predicted molar refractivity (Wildman–Crippen MR) is 115 cm³/mol. The quantitative estimate of drug-likeness (QED) is 0.229. The van der Waals surface area contributed by atoms with Gasteiger partial charge in [-0.1, -0.05) is 6.07 Å². The standard InChI is InChI=1S/C16H19N3O11S3/c1-28-14-7-13(15(29-2)6-11(14)17)19-18-12-4-3-10(5-16(12)32(22,23)24)8-31(20,21)9-30-33(25,26)27/h3-7H,8-9,17H2,1-2H3,(H,22,23,24)(H,25,26,27). The Morgan fingerprint density at radius 1 is 0.879 bits per heavy atom. The first kappa shape index (κ1) is 26.4. The van der Waals surface area contributed by atoms with E-state index in [-0.39, 0.29) is 34.1 Å². The highest BCUT2D eigenvalue weighted by Gasteiger charge is 2.21. The topological polar surface area (TPSA) is 221 Å². The van der Waals surface area contributed by atoms with Crippen LogP contribution in [0.5, 0.6) is 11.5 Å². The minimum absolute atomic E-state index is 0.110. The lowest BCUT2D eigenvalue weighted by atomic mass is 10.2. The maximum absolute atomic E-state index is 12.0. The van der Waals surface area contributed by atoms with Crippen molar-refractivity contribution in [2.75, 3.05) is 25.9 Å². The summed E-state index contributed by atoms with van der Waals surface area (Å²) >= 11 is 0. The molecule has 0 bridgehead atoms. The fraction of sp³-hybridized carbons (Fsp3) is 0.250. The van der Waals surface area contributed by atoms with E-state index in [1.54, 1.807) is 0 Å². The first-order valence-electron chi connectivity index (χ1n) is 8.51. The van der Waals surface area contributed by atoms with Gasteiger partial charge in [0.1, 0.15) is 27.8 Å². The Balaban J connectivity index is 2.44. The molecule has 0 radical (unpaired) electrons. The molecule has 0 amide bonds. The second kappa shape index (κ2) is 9.98. The van der Waals surface area contributed by atoms with E-state index in [2.05, 4.69) is 14.4 Å². The molecule has 14 nitrogen and oxygen atoms in total. The van der Waals surface area contributed by atoms with E-state index in [0.717, 1.165) is 18.2 Å². The third kappa shape index (κ3) is 7.62. The Hall–Kier alpha value is -2.83. The van der Waals surface area contributed by atoms with Gasteiger partial charge in [0.05, 0.1) is 25.7 Å². The molecule has 0 heterocycles. The number of ether oxygens (including phenoxy) is 2. The van der Waals surface area contributed by atoms with Gasteiger partial charge in [0.25, 0.3) is 10.1 Å². The number of rotatable bonds is 10. The Labute approximate surface area is 189 Å². The zero-order chi connectivity index (χ0) is 25.0. The van der Waals surface area contributed by atoms with Gasteiger partial charge in [0, 0.05) is 12.1 Å². The molecular weight excluding hydrogens is 506 g/mol. The van der Waals surface area contributed by atoms with Crippen LogP contribution in [0.15, 0.2) is 45.5 Å². The number of sulfone groups is 1. The van der Waals surface area contributed by atoms with Gasteiger partial charge in [-0.3, -0.25) is 9.11 Å². The summed E-state index contributed by atoms with van der Waals surface area (Å²) in [7, 11) is -11.4. The minimum Gasteiger partial charge on any atom is -0.495 e. The van der Waals surface area contributed by atoms with Crippen molar-refractivity contribution in [3.8, 4) is 11.5 Å². The van der Waals surface area contributed by atoms with E-state index < -0.39 is 46.9 Å². The van der Waals surface area contributed by atoms with Gasteiger partial charge in [0.2, 0.25) is 0 Å². The number of hydrogen-bond donors (Lipinski definition) is 3. The summed E-state index contributed by atoms with van der Waals surface area (Å²) in [6, 6.07) is 5.83. The van der Waals surface area contributed by atoms with Crippen LogP contribution in [0.1, 0.15) is 5.56 Å². The van der Waals surface area contributed by atoms with Gasteiger partial charge in [-0.05, 0) is 17.7 Å². The van der Waals surface area contributed by atoms with Crippen molar-refractivity contribution in [3.63, 3.8) is 0 Å². The van der Waals surface area contributed by atoms with Crippen LogP contribution in [0.3, 0.4) is 0 Å². The molecule has 2 aromatic carbocycles. The smallest absolute Gasteiger partial charge is 0.398 e. The Morgan fingerprint density at radius 3 is 2.03 bits per heavy atom. The third-order valence-electron chi connectivity index (χ3n) is 3.86. The van der Waals surface area contributed by atoms with E-state index in [1.807, 2.05) is 0 Å². The second-order valence-electron chi connectivity index (χ2n) is 6.29. The zero-order valence-electron chi connectivity index (χ0n) is 17.1. The van der Waals surface area contributed by atoms with E-state index in [0.29, 0.717) is 0 Å². The Kier molecular flexibility index (Phi) is 7.99. The van der Waals surface area contributed by atoms with Crippen molar-refractivity contribution < 1.29 is 48.0 Å². The number of nitrogens with two attached hydrogens (primary N) is 1. The Bertz CT molecular complexity index is 1390. The van der Waals surface area contributed by atoms with Crippen molar-refractivity contribution in [1.29, 1.82) is 0 Å². The fourth-order valence-corrected chi connectivity index (χ4v) is 4.98. The maximum atomic E-state index is 12.0. The highest BCUT2D eigenvalue weighted by Crippen LogP contribution is 2.38. The molecule has 0 saturated carbocycles. The second-order valence-corrected chi connectivity index (χ2v) is 10.8. The maximum Gasteiger partial charge on any atom is 0.398 e. The van der Waals surface area contributed by atoms with E-state index in [9.17, 15) is 29.8 Å². The van der Waals surface area contributed by atoms with Crippen LogP contribution in [0.2, 0.25) is 0 Å². The molecule has 0 spiro atoms. The molecule has 0 fully saturated rings. The van der Waals surface area contributed by atoms with Crippen molar-refractivity contribution in [2.24, 2.45) is 10.2 Å². The van der Waals surface area contributed by atoms with Gasteiger partial charge in [-0.25, -0.2) is 12.6 Å². The largest absolute Gasteiger partial charge is 0.495 e. The van der Waals surface area contributed by atoms with Gasteiger partial charge in [-0.2, -0.15) is 16.8 Å². The summed E-state index contributed by atoms with van der Waals surface area (Å²) in [5.74, 6) is -1.82. The number of methoxy groups -OCH3 is 2. The summed E-state index contributed by atoms with van der Waals surface area (Å²) in [5.41, 5.74) is 5.65. The van der Waals surface area contributed by atoms with Crippen LogP contribution in [-0.2, 0) is 40.3 Å². The molecule has 0 atom stereocenters. The van der Waals surface area contributed by atoms with Crippen LogP contribution in [-0.4, -0.2) is 54.5 Å². The fourth-order valence-electron chi connectivity index (χ4n) is 2.46. The molecule has 0 aliphatic rings. The van der Waals surface area contributed by atoms with E-state index in [4.69, 9.17) is 19.8 Å². The summed E-state index contributed by atoms with van der Waals surface area (Å²) in [4.78, 5) is -0.768. The van der Waals surface area contributed by atoms with Crippen LogP contribution >= 0.6 is 0 Å². The van der Waals surface area contributed by atoms with Gasteiger partial charge in [-0.15, -0.1) is 10.2 Å². The molecular formula is C16H19N3O11S3. The van der Waals surface area contributed by atoms with Crippen molar-refractivity contribution in [1.82, 2.24) is 0 Å². The normalized spacial score (nSPS) is 12.7. The monoisotopic (exact) mass is 525 g/mol. The third-order valence-corrected chi connectivity index (χ3v) is 6.56. The molecule has 0 aliphatic carbocycles. The van der Waals surface area contributed by atoms with Crippen LogP contribution in [0.4, 0.5) is 17.1 Å². The minimum atomic E-state index is -5.00. The summed E-state index contributed by atoms with van der Waals surface area (Å²) < 4.78 is 101. The van der Waals surface area contributed by atoms with Gasteiger partial charge in [0.15, 0.2) is 15.8 Å². The molecule has 0 saturated heterocycles. The molecule has 182 valence electrons. The number of azo groups is 1. The molecule has 17 heteroatoms. The lowest BCUT2D eigenvalue weighted by Gasteiger charge is -2.10. The molecule has 2 rings (SSSR count). The van der Waals surface area contributed by atoms with Crippen LogP contribution < -0.4 is 15.2 Å². The van der Waals surface area contributed by atoms with Gasteiger partial charge >= 0.3 is 10.4 Å².